The summed E-state index contributed by atoms with van der Waals surface area (Å²) in [6, 6.07) is 19.2. The molecule has 0 spiro atoms. The van der Waals surface area contributed by atoms with E-state index in [1.54, 1.807) is 0 Å². The van der Waals surface area contributed by atoms with E-state index in [1.165, 1.54) is 11.1 Å². The van der Waals surface area contributed by atoms with E-state index in [0.29, 0.717) is 0 Å². The third kappa shape index (κ3) is 5.34. The van der Waals surface area contributed by atoms with Gasteiger partial charge < -0.3 is 10.2 Å². The average Bonchev–Trinajstić information content (AvgIpc) is 3.00. The number of nitrogens with zero attached hydrogens (tertiary/aromatic N) is 2. The third-order valence-electron chi connectivity index (χ3n) is 5.38. The van der Waals surface area contributed by atoms with E-state index in [4.69, 9.17) is 0 Å². The highest BCUT2D eigenvalue weighted by molar-refractivity contribution is 5.94. The normalized spacial score (nSPS) is 15.9. The molecule has 28 heavy (non-hydrogen) atoms. The van der Waals surface area contributed by atoms with E-state index in [-0.39, 0.29) is 24.4 Å². The Morgan fingerprint density at radius 1 is 0.964 bits per heavy atom. The highest BCUT2D eigenvalue weighted by atomic mass is 35.5. The molecule has 2 aromatic rings. The molecule has 1 aliphatic heterocycles. The summed E-state index contributed by atoms with van der Waals surface area (Å²) < 4.78 is 0. The van der Waals surface area contributed by atoms with Gasteiger partial charge in [-0.15, -0.1) is 12.4 Å². The minimum atomic E-state index is 0. The zero-order valence-electron chi connectivity index (χ0n) is 16.9. The zero-order valence-corrected chi connectivity index (χ0v) is 17.8. The topological polar surface area (TPSA) is 35.6 Å². The number of carbonyl (C=O) groups is 1. The van der Waals surface area contributed by atoms with Gasteiger partial charge in [0.1, 0.15) is 0 Å². The summed E-state index contributed by atoms with van der Waals surface area (Å²) in [5.41, 5.74) is 3.33. The molecule has 0 bridgehead atoms. The molecule has 0 aromatic heterocycles. The van der Waals surface area contributed by atoms with Crippen LogP contribution in [0, 0.1) is 0 Å². The maximum absolute atomic E-state index is 12.6. The van der Waals surface area contributed by atoms with Crippen molar-refractivity contribution in [2.45, 2.75) is 26.3 Å². The molecule has 5 heteroatoms. The van der Waals surface area contributed by atoms with Crippen LogP contribution in [0.4, 0.5) is 0 Å². The smallest absolute Gasteiger partial charge is 0.253 e. The Labute approximate surface area is 175 Å². The van der Waals surface area contributed by atoms with Crippen LogP contribution in [0.15, 0.2) is 54.6 Å². The predicted octanol–water partition coefficient (Wildman–Crippen LogP) is 3.98. The number of benzene rings is 2. The van der Waals surface area contributed by atoms with Crippen molar-refractivity contribution in [1.82, 2.24) is 15.1 Å². The molecule has 1 N–H and O–H groups in total. The lowest BCUT2D eigenvalue weighted by Crippen LogP contribution is -2.33. The van der Waals surface area contributed by atoms with E-state index in [2.05, 4.69) is 52.7 Å². The van der Waals surface area contributed by atoms with Crippen LogP contribution in [-0.2, 0) is 0 Å². The number of rotatable bonds is 6. The molecule has 1 saturated heterocycles. The first-order chi connectivity index (χ1) is 13.2. The van der Waals surface area contributed by atoms with Crippen molar-refractivity contribution < 1.29 is 4.79 Å². The summed E-state index contributed by atoms with van der Waals surface area (Å²) in [5.74, 6) is 0.113. The van der Waals surface area contributed by atoms with Crippen LogP contribution in [-0.4, -0.2) is 55.0 Å². The number of amides is 1. The monoisotopic (exact) mass is 401 g/mol. The Morgan fingerprint density at radius 3 is 2.25 bits per heavy atom. The van der Waals surface area contributed by atoms with Gasteiger partial charge in [-0.1, -0.05) is 42.5 Å². The van der Waals surface area contributed by atoms with Gasteiger partial charge >= 0.3 is 0 Å². The first kappa shape index (κ1) is 22.4. The Balaban J connectivity index is 0.00000280. The Bertz CT molecular complexity index is 708. The third-order valence-corrected chi connectivity index (χ3v) is 5.38. The first-order valence-corrected chi connectivity index (χ1v) is 10.1. The average molecular weight is 402 g/mol. The Morgan fingerprint density at radius 2 is 1.61 bits per heavy atom. The maximum atomic E-state index is 12.6. The molecule has 4 nitrogen and oxygen atoms in total. The van der Waals surface area contributed by atoms with E-state index in [0.717, 1.165) is 51.3 Å². The van der Waals surface area contributed by atoms with Gasteiger partial charge in [0.25, 0.3) is 5.91 Å². The van der Waals surface area contributed by atoms with Crippen LogP contribution in [0.25, 0.3) is 0 Å². The molecule has 1 atom stereocenters. The molecule has 3 rings (SSSR count). The lowest BCUT2D eigenvalue weighted by atomic mass is 9.95. The van der Waals surface area contributed by atoms with Gasteiger partial charge in [0.15, 0.2) is 0 Å². The van der Waals surface area contributed by atoms with E-state index in [9.17, 15) is 4.79 Å². The molecule has 1 aliphatic rings. The summed E-state index contributed by atoms with van der Waals surface area (Å²) in [6.07, 6.45) is 1.15. The van der Waals surface area contributed by atoms with Crippen molar-refractivity contribution in [2.75, 3.05) is 39.3 Å². The molecule has 1 fully saturated rings. The van der Waals surface area contributed by atoms with Crippen LogP contribution < -0.4 is 5.32 Å². The lowest BCUT2D eigenvalue weighted by molar-refractivity contribution is 0.0773. The Kier molecular flexibility index (Phi) is 8.97. The van der Waals surface area contributed by atoms with Gasteiger partial charge in [0.05, 0.1) is 6.04 Å². The van der Waals surface area contributed by atoms with E-state index >= 15 is 0 Å². The first-order valence-electron chi connectivity index (χ1n) is 10.1. The number of nitrogens with one attached hydrogen (secondary N) is 1. The molecule has 2 aromatic carbocycles. The molecule has 1 amide bonds. The second-order valence-corrected chi connectivity index (χ2v) is 7.05. The highest BCUT2D eigenvalue weighted by Gasteiger charge is 2.23. The highest BCUT2D eigenvalue weighted by Crippen LogP contribution is 2.29. The van der Waals surface area contributed by atoms with Crippen LogP contribution in [0.1, 0.15) is 47.8 Å². The van der Waals surface area contributed by atoms with Crippen molar-refractivity contribution in [2.24, 2.45) is 0 Å². The van der Waals surface area contributed by atoms with Crippen molar-refractivity contribution in [3.8, 4) is 0 Å². The van der Waals surface area contributed by atoms with Crippen molar-refractivity contribution in [3.63, 3.8) is 0 Å². The molecule has 0 aliphatic carbocycles. The standard InChI is InChI=1S/C23H31N3O.ClH/c1-3-25(4-2)23(27)21-13-11-20(12-14-21)22(19-9-6-5-7-10-19)26-17-8-15-24-16-18-26;/h5-7,9-14,22,24H,3-4,8,15-18H2,1-2H3;1H. The molecule has 1 heterocycles. The largest absolute Gasteiger partial charge is 0.339 e. The number of carbonyl (C=O) groups excluding carboxylic acids is 1. The maximum Gasteiger partial charge on any atom is 0.253 e. The molecular weight excluding hydrogens is 370 g/mol. The van der Waals surface area contributed by atoms with Crippen LogP contribution >= 0.6 is 12.4 Å². The predicted molar refractivity (Wildman–Crippen MR) is 118 cm³/mol. The molecule has 1 unspecified atom stereocenters. The fourth-order valence-corrected chi connectivity index (χ4v) is 3.88. The quantitative estimate of drug-likeness (QED) is 0.795. The van der Waals surface area contributed by atoms with Crippen molar-refractivity contribution >= 4 is 18.3 Å². The van der Waals surface area contributed by atoms with Gasteiger partial charge in [-0.3, -0.25) is 9.69 Å². The summed E-state index contributed by atoms with van der Waals surface area (Å²) in [5, 5.41) is 3.49. The SMILES string of the molecule is CCN(CC)C(=O)c1ccc(C(c2ccccc2)N2CCCNCC2)cc1.Cl. The van der Waals surface area contributed by atoms with Crippen LogP contribution in [0.3, 0.4) is 0 Å². The number of hydrogen-bond acceptors (Lipinski definition) is 3. The molecular formula is C23H32ClN3O. The molecule has 0 radical (unpaired) electrons. The fourth-order valence-electron chi connectivity index (χ4n) is 3.88. The minimum absolute atomic E-state index is 0. The summed E-state index contributed by atoms with van der Waals surface area (Å²) in [6.45, 7) is 9.72. The van der Waals surface area contributed by atoms with Crippen LogP contribution in [0.5, 0.6) is 0 Å². The van der Waals surface area contributed by atoms with Crippen LogP contribution in [0.2, 0.25) is 0 Å². The van der Waals surface area contributed by atoms with Crippen molar-refractivity contribution in [1.29, 1.82) is 0 Å². The van der Waals surface area contributed by atoms with Gasteiger partial charge in [0.2, 0.25) is 0 Å². The second-order valence-electron chi connectivity index (χ2n) is 7.05. The minimum Gasteiger partial charge on any atom is -0.339 e. The molecule has 152 valence electrons. The Hall–Kier alpha value is -1.88. The molecule has 0 saturated carbocycles. The lowest BCUT2D eigenvalue weighted by Gasteiger charge is -2.31. The van der Waals surface area contributed by atoms with Gasteiger partial charge in [0, 0.05) is 38.3 Å². The number of hydrogen-bond donors (Lipinski definition) is 1. The second kappa shape index (κ2) is 11.2. The van der Waals surface area contributed by atoms with E-state index in [1.807, 2.05) is 30.9 Å². The summed E-state index contributed by atoms with van der Waals surface area (Å²) >= 11 is 0. The van der Waals surface area contributed by atoms with Gasteiger partial charge in [-0.05, 0) is 50.1 Å². The zero-order chi connectivity index (χ0) is 19.1. The fraction of sp³-hybridized carbons (Fsp3) is 0.435. The number of halogens is 1. The summed E-state index contributed by atoms with van der Waals surface area (Å²) in [4.78, 5) is 17.0. The van der Waals surface area contributed by atoms with Gasteiger partial charge in [-0.2, -0.15) is 0 Å². The van der Waals surface area contributed by atoms with Gasteiger partial charge in [-0.25, -0.2) is 0 Å². The van der Waals surface area contributed by atoms with E-state index < -0.39 is 0 Å². The van der Waals surface area contributed by atoms with Crippen molar-refractivity contribution in [3.05, 3.63) is 71.3 Å². The summed E-state index contributed by atoms with van der Waals surface area (Å²) in [7, 11) is 0.